The maximum atomic E-state index is 12.2. The lowest BCUT2D eigenvalue weighted by molar-refractivity contribution is -0.816. The van der Waals surface area contributed by atoms with E-state index >= 15 is 0 Å². The van der Waals surface area contributed by atoms with E-state index in [4.69, 9.17) is 4.74 Å². The average Bonchev–Trinajstić information content (AvgIpc) is 2.67. The number of aryl methyl sites for hydroxylation is 4. The number of hydrogen-bond acceptors (Lipinski definition) is 7. The van der Waals surface area contributed by atoms with Gasteiger partial charge in [-0.05, 0) is 32.4 Å². The van der Waals surface area contributed by atoms with E-state index in [1.54, 1.807) is 6.21 Å². The van der Waals surface area contributed by atoms with Gasteiger partial charge in [0, 0.05) is 41.5 Å². The summed E-state index contributed by atoms with van der Waals surface area (Å²) in [7, 11) is 0. The molecule has 0 amide bonds. The van der Waals surface area contributed by atoms with Crippen LogP contribution in [0.3, 0.4) is 0 Å². The Morgan fingerprint density at radius 3 is 1.55 bits per heavy atom. The molecule has 0 unspecified atom stereocenters. The Morgan fingerprint density at radius 2 is 1.15 bits per heavy atom. The largest absolute Gasteiger partial charge is 0.623 e. The molecule has 0 atom stereocenters. The van der Waals surface area contributed by atoms with Crippen LogP contribution in [0.1, 0.15) is 87.1 Å². The fourth-order valence-electron chi connectivity index (χ4n) is 2.71. The van der Waals surface area contributed by atoms with Crippen molar-refractivity contribution in [2.75, 3.05) is 0 Å². The van der Waals surface area contributed by atoms with Crippen LogP contribution in [0.25, 0.3) is 0 Å². The molecule has 2 aromatic rings. The Kier molecular flexibility index (Phi) is 7.90. The fourth-order valence-corrected chi connectivity index (χ4v) is 2.71. The second-order valence-corrected chi connectivity index (χ2v) is 10.2. The molecule has 180 valence electrons. The predicted molar refractivity (Wildman–Crippen MR) is 127 cm³/mol. The van der Waals surface area contributed by atoms with Gasteiger partial charge >= 0.3 is 0 Å². The molecular formula is C24H37N6O3+. The van der Waals surface area contributed by atoms with Gasteiger partial charge in [0.05, 0.1) is 47.4 Å². The summed E-state index contributed by atoms with van der Waals surface area (Å²) in [5.74, 6) is 0. The highest BCUT2D eigenvalue weighted by Gasteiger charge is 2.25. The van der Waals surface area contributed by atoms with Crippen molar-refractivity contribution in [3.63, 3.8) is 0 Å². The zero-order valence-electron chi connectivity index (χ0n) is 21.5. The summed E-state index contributed by atoms with van der Waals surface area (Å²) in [6, 6.07) is 0. The fraction of sp³-hybridized carbons (Fsp3) is 0.583. The molecule has 1 N–H and O–H groups in total. The molecule has 0 bridgehead atoms. The van der Waals surface area contributed by atoms with Gasteiger partial charge in [-0.15, -0.1) is 0 Å². The van der Waals surface area contributed by atoms with Gasteiger partial charge in [-0.1, -0.05) is 0 Å². The summed E-state index contributed by atoms with van der Waals surface area (Å²) in [5, 5.41) is 22.4. The molecule has 9 nitrogen and oxygen atoms in total. The van der Waals surface area contributed by atoms with Crippen molar-refractivity contribution in [2.45, 2.75) is 93.5 Å². The van der Waals surface area contributed by atoms with Crippen molar-refractivity contribution in [1.82, 2.24) is 19.9 Å². The predicted octanol–water partition coefficient (Wildman–Crippen LogP) is 3.56. The molecule has 0 saturated heterocycles. The first-order chi connectivity index (χ1) is 15.1. The van der Waals surface area contributed by atoms with E-state index in [-0.39, 0.29) is 13.2 Å². The molecule has 0 spiro atoms. The highest BCUT2D eigenvalue weighted by Crippen LogP contribution is 2.13. The summed E-state index contributed by atoms with van der Waals surface area (Å²) in [6.45, 7) is 19.2. The molecule has 0 radical (unpaired) electrons. The van der Waals surface area contributed by atoms with E-state index < -0.39 is 11.1 Å². The number of nitrogens with zero attached hydrogens (tertiary/aromatic N) is 6. The first-order valence-electron chi connectivity index (χ1n) is 11.0. The van der Waals surface area contributed by atoms with Crippen LogP contribution in [0.2, 0.25) is 0 Å². The second-order valence-electron chi connectivity index (χ2n) is 10.2. The van der Waals surface area contributed by atoms with Crippen molar-refractivity contribution >= 4 is 12.4 Å². The molecule has 0 aliphatic heterocycles. The molecule has 0 aliphatic rings. The quantitative estimate of drug-likeness (QED) is 0.232. The Morgan fingerprint density at radius 1 is 0.727 bits per heavy atom. The zero-order chi connectivity index (χ0) is 25.1. The van der Waals surface area contributed by atoms with Gasteiger partial charge < -0.3 is 9.94 Å². The third-order valence-corrected chi connectivity index (χ3v) is 5.07. The maximum absolute atomic E-state index is 12.2. The molecule has 2 rings (SSSR count). The van der Waals surface area contributed by atoms with Gasteiger partial charge in [0.2, 0.25) is 18.0 Å². The molecule has 0 fully saturated rings. The number of ether oxygens (including phenoxy) is 1. The topological polar surface area (TPSA) is 110 Å². The standard InChI is InChI=1S/C24H37N6O3/c1-15-19(11-29(31)23(5,6)7)25-17(3)21(27-15)13-33-14-22-18(4)26-20(16(2)28-22)12-30(32)24(8,9)10/h11-12,31H,13-14H2,1-10H3/q+1/b30-12-. The number of hydroxylamine groups is 2. The van der Waals surface area contributed by atoms with Gasteiger partial charge in [0.25, 0.3) is 0 Å². The van der Waals surface area contributed by atoms with Gasteiger partial charge in [0.1, 0.15) is 5.69 Å². The summed E-state index contributed by atoms with van der Waals surface area (Å²) in [6.07, 6.45) is 3.07. The SMILES string of the molecule is Cc1nc(COCc2nc(C)c(/C=[N+](\O)C(C)(C)C)nc2C)c(C)nc1/C=[N+](\[O-])C(C)(C)C. The monoisotopic (exact) mass is 457 g/mol. The third kappa shape index (κ3) is 7.02. The summed E-state index contributed by atoms with van der Waals surface area (Å²) < 4.78 is 7.90. The highest BCUT2D eigenvalue weighted by atomic mass is 16.5. The Hall–Kier alpha value is -2.94. The molecule has 2 aromatic heterocycles. The minimum absolute atomic E-state index is 0.267. The smallest absolute Gasteiger partial charge is 0.243 e. The van der Waals surface area contributed by atoms with E-state index in [0.29, 0.717) is 34.2 Å². The Balaban J connectivity index is 2.14. The average molecular weight is 458 g/mol. The minimum Gasteiger partial charge on any atom is -0.623 e. The van der Waals surface area contributed by atoms with Crippen LogP contribution >= 0.6 is 0 Å². The lowest BCUT2D eigenvalue weighted by Crippen LogP contribution is -2.31. The summed E-state index contributed by atoms with van der Waals surface area (Å²) >= 11 is 0. The van der Waals surface area contributed by atoms with Gasteiger partial charge in [-0.2, -0.15) is 0 Å². The van der Waals surface area contributed by atoms with Crippen LogP contribution in [0.4, 0.5) is 0 Å². The van der Waals surface area contributed by atoms with E-state index in [1.807, 2.05) is 69.2 Å². The van der Waals surface area contributed by atoms with Crippen LogP contribution < -0.4 is 0 Å². The normalized spacial score (nSPS) is 13.5. The highest BCUT2D eigenvalue weighted by molar-refractivity contribution is 5.74. The Bertz CT molecular complexity index is 994. The lowest BCUT2D eigenvalue weighted by Gasteiger charge is -2.18. The van der Waals surface area contributed by atoms with Gasteiger partial charge in [-0.3, -0.25) is 15.2 Å². The van der Waals surface area contributed by atoms with Crippen molar-refractivity contribution in [3.05, 3.63) is 50.8 Å². The van der Waals surface area contributed by atoms with Crippen LogP contribution in [-0.4, -0.2) is 58.1 Å². The van der Waals surface area contributed by atoms with Crippen LogP contribution in [0, 0.1) is 32.9 Å². The zero-order valence-corrected chi connectivity index (χ0v) is 21.5. The third-order valence-electron chi connectivity index (χ3n) is 5.07. The first kappa shape index (κ1) is 26.3. The molecule has 33 heavy (non-hydrogen) atoms. The van der Waals surface area contributed by atoms with Crippen molar-refractivity contribution in [3.8, 4) is 0 Å². The van der Waals surface area contributed by atoms with E-state index in [9.17, 15) is 10.4 Å². The summed E-state index contributed by atoms with van der Waals surface area (Å²) in [4.78, 5) is 18.3. The van der Waals surface area contributed by atoms with Crippen LogP contribution in [-0.2, 0) is 18.0 Å². The van der Waals surface area contributed by atoms with Crippen molar-refractivity contribution in [2.24, 2.45) is 0 Å². The van der Waals surface area contributed by atoms with Crippen LogP contribution in [0.5, 0.6) is 0 Å². The lowest BCUT2D eigenvalue weighted by atomic mass is 10.1. The number of rotatable bonds is 6. The molecular weight excluding hydrogens is 420 g/mol. The first-order valence-corrected chi connectivity index (χ1v) is 11.0. The van der Waals surface area contributed by atoms with Crippen LogP contribution in [0.15, 0.2) is 0 Å². The van der Waals surface area contributed by atoms with Gasteiger partial charge in [-0.25, -0.2) is 14.7 Å². The molecule has 2 heterocycles. The van der Waals surface area contributed by atoms with Gasteiger partial charge in [0.15, 0.2) is 11.2 Å². The summed E-state index contributed by atoms with van der Waals surface area (Å²) in [5.41, 5.74) is 4.44. The van der Waals surface area contributed by atoms with E-state index in [1.165, 1.54) is 6.21 Å². The molecule has 0 aliphatic carbocycles. The number of hydrogen-bond donors (Lipinski definition) is 1. The second kappa shape index (κ2) is 9.91. The number of aromatic nitrogens is 4. The Labute approximate surface area is 196 Å². The van der Waals surface area contributed by atoms with E-state index in [2.05, 4.69) is 19.9 Å². The van der Waals surface area contributed by atoms with Crippen molar-refractivity contribution in [1.29, 1.82) is 0 Å². The molecule has 0 aromatic carbocycles. The molecule has 0 saturated carbocycles. The molecule has 9 heteroatoms. The van der Waals surface area contributed by atoms with Crippen molar-refractivity contribution < 1.29 is 19.4 Å². The minimum atomic E-state index is -0.545. The van der Waals surface area contributed by atoms with E-state index in [0.717, 1.165) is 20.9 Å². The maximum Gasteiger partial charge on any atom is 0.243 e.